The molecule has 33 heavy (non-hydrogen) atoms. The van der Waals surface area contributed by atoms with Crippen LogP contribution < -0.4 is 9.64 Å². The molecule has 172 valence electrons. The van der Waals surface area contributed by atoms with E-state index in [-0.39, 0.29) is 6.03 Å². The fraction of sp³-hybridized carbons (Fsp3) is 0.385. The quantitative estimate of drug-likeness (QED) is 0.586. The molecule has 5 rings (SSSR count). The number of rotatable bonds is 5. The Balaban J connectivity index is 1.11. The molecule has 1 aromatic heterocycles. The van der Waals surface area contributed by atoms with Gasteiger partial charge in [0.05, 0.1) is 18.1 Å². The lowest BCUT2D eigenvalue weighted by Gasteiger charge is -2.54. The molecule has 7 nitrogen and oxygen atoms in total. The minimum atomic E-state index is -0.0237. The lowest BCUT2D eigenvalue weighted by atomic mass is 9.72. The molecule has 0 N–H and O–H groups in total. The van der Waals surface area contributed by atoms with Crippen LogP contribution >= 0.6 is 0 Å². The van der Waals surface area contributed by atoms with Crippen molar-refractivity contribution in [3.05, 3.63) is 72.6 Å². The van der Waals surface area contributed by atoms with E-state index in [9.17, 15) is 4.79 Å². The van der Waals surface area contributed by atoms with Crippen molar-refractivity contribution in [3.63, 3.8) is 0 Å². The molecule has 2 fully saturated rings. The second kappa shape index (κ2) is 8.90. The Morgan fingerprint density at radius 1 is 1.03 bits per heavy atom. The molecule has 2 aliphatic heterocycles. The summed E-state index contributed by atoms with van der Waals surface area (Å²) in [5.41, 5.74) is 2.54. The van der Waals surface area contributed by atoms with Gasteiger partial charge >= 0.3 is 6.03 Å². The van der Waals surface area contributed by atoms with Crippen LogP contribution in [0.3, 0.4) is 0 Å². The summed E-state index contributed by atoms with van der Waals surface area (Å²) in [6.45, 7) is 4.70. The minimum Gasteiger partial charge on any atom is -0.457 e. The number of benzene rings is 2. The van der Waals surface area contributed by atoms with Crippen LogP contribution in [0.2, 0.25) is 0 Å². The summed E-state index contributed by atoms with van der Waals surface area (Å²) < 4.78 is 7.44. The molecule has 1 spiro atoms. The van der Waals surface area contributed by atoms with E-state index in [0.717, 1.165) is 62.8 Å². The average molecular weight is 446 g/mol. The standard InChI is InChI=1S/C26H31N5O2/c1-28(2)22-16-27-31(18-22)25(32)30-13-11-26(12-14-30)19-29(20-26)17-21-7-6-10-24(15-21)33-23-8-4-3-5-9-23/h3-10,15-16,18H,11-14,17,19-20H2,1-2H3. The Morgan fingerprint density at radius 3 is 2.45 bits per heavy atom. The van der Waals surface area contributed by atoms with Crippen LogP contribution in [-0.4, -0.2) is 65.9 Å². The van der Waals surface area contributed by atoms with Crippen molar-refractivity contribution in [2.45, 2.75) is 19.4 Å². The van der Waals surface area contributed by atoms with Crippen LogP contribution in [0.5, 0.6) is 11.5 Å². The summed E-state index contributed by atoms with van der Waals surface area (Å²) >= 11 is 0. The third kappa shape index (κ3) is 4.73. The average Bonchev–Trinajstić information content (AvgIpc) is 3.30. The van der Waals surface area contributed by atoms with Gasteiger partial charge in [0.25, 0.3) is 0 Å². The predicted octanol–water partition coefficient (Wildman–Crippen LogP) is 4.31. The van der Waals surface area contributed by atoms with E-state index in [1.54, 1.807) is 12.4 Å². The van der Waals surface area contributed by atoms with Crippen molar-refractivity contribution in [1.29, 1.82) is 0 Å². The minimum absolute atomic E-state index is 0.0237. The Labute approximate surface area is 195 Å². The van der Waals surface area contributed by atoms with Gasteiger partial charge in [-0.3, -0.25) is 4.90 Å². The number of aromatic nitrogens is 2. The number of para-hydroxylation sites is 1. The molecular weight excluding hydrogens is 414 g/mol. The maximum Gasteiger partial charge on any atom is 0.344 e. The molecule has 3 aromatic rings. The van der Waals surface area contributed by atoms with Crippen LogP contribution in [0.15, 0.2) is 67.0 Å². The molecule has 2 saturated heterocycles. The summed E-state index contributed by atoms with van der Waals surface area (Å²) in [4.78, 5) is 19.2. The highest BCUT2D eigenvalue weighted by molar-refractivity contribution is 5.77. The number of carbonyl (C=O) groups is 1. The van der Waals surface area contributed by atoms with Crippen molar-refractivity contribution in [1.82, 2.24) is 19.6 Å². The zero-order chi connectivity index (χ0) is 22.8. The van der Waals surface area contributed by atoms with Gasteiger partial charge in [-0.25, -0.2) is 4.79 Å². The number of amides is 1. The molecule has 0 radical (unpaired) electrons. The topological polar surface area (TPSA) is 53.8 Å². The van der Waals surface area contributed by atoms with Crippen molar-refractivity contribution in [2.75, 3.05) is 45.2 Å². The maximum absolute atomic E-state index is 12.8. The van der Waals surface area contributed by atoms with Gasteiger partial charge in [-0.05, 0) is 48.1 Å². The van der Waals surface area contributed by atoms with E-state index in [1.165, 1.54) is 10.2 Å². The molecule has 0 aliphatic carbocycles. The fourth-order valence-corrected chi connectivity index (χ4v) is 4.89. The molecule has 7 heteroatoms. The summed E-state index contributed by atoms with van der Waals surface area (Å²) in [5, 5.41) is 4.24. The number of carbonyl (C=O) groups excluding carboxylic acids is 1. The molecule has 0 unspecified atom stereocenters. The van der Waals surface area contributed by atoms with Gasteiger partial charge in [0.15, 0.2) is 0 Å². The normalized spacial score (nSPS) is 17.6. The monoisotopic (exact) mass is 445 g/mol. The highest BCUT2D eigenvalue weighted by Crippen LogP contribution is 2.41. The number of likely N-dealkylation sites (tertiary alicyclic amines) is 2. The van der Waals surface area contributed by atoms with E-state index in [1.807, 2.05) is 60.3 Å². The molecule has 0 saturated carbocycles. The summed E-state index contributed by atoms with van der Waals surface area (Å²) in [5.74, 6) is 1.73. The summed E-state index contributed by atoms with van der Waals surface area (Å²) in [6.07, 6.45) is 5.63. The molecule has 0 atom stereocenters. The van der Waals surface area contributed by atoms with E-state index in [2.05, 4.69) is 28.2 Å². The fourth-order valence-electron chi connectivity index (χ4n) is 4.89. The summed E-state index contributed by atoms with van der Waals surface area (Å²) in [7, 11) is 3.90. The first kappa shape index (κ1) is 21.5. The number of ether oxygens (including phenoxy) is 1. The molecule has 2 aliphatic rings. The first-order chi connectivity index (χ1) is 16.0. The maximum atomic E-state index is 12.8. The summed E-state index contributed by atoms with van der Waals surface area (Å²) in [6, 6.07) is 18.2. The number of anilines is 1. The van der Waals surface area contributed by atoms with E-state index in [0.29, 0.717) is 5.41 Å². The van der Waals surface area contributed by atoms with Crippen LogP contribution in [0.25, 0.3) is 0 Å². The third-order valence-electron chi connectivity index (χ3n) is 6.78. The van der Waals surface area contributed by atoms with Crippen LogP contribution in [0.4, 0.5) is 10.5 Å². The Hall–Kier alpha value is -3.32. The van der Waals surface area contributed by atoms with Crippen molar-refractivity contribution in [2.24, 2.45) is 5.41 Å². The Morgan fingerprint density at radius 2 is 1.76 bits per heavy atom. The highest BCUT2D eigenvalue weighted by Gasteiger charge is 2.45. The first-order valence-corrected chi connectivity index (χ1v) is 11.6. The van der Waals surface area contributed by atoms with Gasteiger partial charge in [-0.2, -0.15) is 9.78 Å². The van der Waals surface area contributed by atoms with Crippen LogP contribution in [-0.2, 0) is 6.54 Å². The Bertz CT molecular complexity index is 1090. The lowest BCUT2D eigenvalue weighted by molar-refractivity contribution is -0.0443. The third-order valence-corrected chi connectivity index (χ3v) is 6.78. The van der Waals surface area contributed by atoms with Gasteiger partial charge in [0.2, 0.25) is 0 Å². The smallest absolute Gasteiger partial charge is 0.344 e. The first-order valence-electron chi connectivity index (χ1n) is 11.6. The van der Waals surface area contributed by atoms with E-state index < -0.39 is 0 Å². The Kier molecular flexibility index (Phi) is 5.81. The molecule has 3 heterocycles. The molecular formula is C26H31N5O2. The van der Waals surface area contributed by atoms with Crippen LogP contribution in [0, 0.1) is 5.41 Å². The van der Waals surface area contributed by atoms with Gasteiger partial charge < -0.3 is 14.5 Å². The number of hydrogen-bond donors (Lipinski definition) is 0. The van der Waals surface area contributed by atoms with Crippen molar-refractivity contribution in [3.8, 4) is 11.5 Å². The SMILES string of the molecule is CN(C)c1cnn(C(=O)N2CCC3(CC2)CN(Cc2cccc(Oc4ccccc4)c2)C3)c1. The number of piperidine rings is 1. The largest absolute Gasteiger partial charge is 0.457 e. The van der Waals surface area contributed by atoms with Crippen molar-refractivity contribution < 1.29 is 9.53 Å². The molecule has 1 amide bonds. The van der Waals surface area contributed by atoms with Crippen LogP contribution in [0.1, 0.15) is 18.4 Å². The van der Waals surface area contributed by atoms with Gasteiger partial charge in [0, 0.05) is 46.8 Å². The molecule has 0 bridgehead atoms. The lowest BCUT2D eigenvalue weighted by Crippen LogP contribution is -2.60. The van der Waals surface area contributed by atoms with Gasteiger partial charge in [-0.1, -0.05) is 30.3 Å². The van der Waals surface area contributed by atoms with Gasteiger partial charge in [-0.15, -0.1) is 0 Å². The zero-order valence-electron chi connectivity index (χ0n) is 19.4. The number of hydrogen-bond acceptors (Lipinski definition) is 5. The second-order valence-electron chi connectivity index (χ2n) is 9.51. The molecule has 2 aromatic carbocycles. The van der Waals surface area contributed by atoms with E-state index >= 15 is 0 Å². The highest BCUT2D eigenvalue weighted by atomic mass is 16.5. The van der Waals surface area contributed by atoms with E-state index in [4.69, 9.17) is 4.74 Å². The zero-order valence-corrected chi connectivity index (χ0v) is 19.4. The van der Waals surface area contributed by atoms with Crippen molar-refractivity contribution >= 4 is 11.7 Å². The van der Waals surface area contributed by atoms with Gasteiger partial charge in [0.1, 0.15) is 11.5 Å². The predicted molar refractivity (Wildman–Crippen MR) is 129 cm³/mol. The second-order valence-corrected chi connectivity index (χ2v) is 9.51. The number of nitrogens with zero attached hydrogens (tertiary/aromatic N) is 5.